The number of methoxy groups -OCH3 is 2. The molecule has 346 valence electrons. The lowest BCUT2D eigenvalue weighted by molar-refractivity contribution is 0.100. The summed E-state index contributed by atoms with van der Waals surface area (Å²) >= 11 is 17.8. The number of hydrogen-bond donors (Lipinski definition) is 6. The Balaban J connectivity index is 0.000000251. The van der Waals surface area contributed by atoms with Crippen molar-refractivity contribution in [2.75, 3.05) is 63.7 Å². The lowest BCUT2D eigenvalue weighted by atomic mass is 10.1. The van der Waals surface area contributed by atoms with Crippen LogP contribution < -0.4 is 30.7 Å². The molecule has 0 aliphatic carbocycles. The highest BCUT2D eigenvalue weighted by molar-refractivity contribution is 6.32. The van der Waals surface area contributed by atoms with Gasteiger partial charge in [-0.05, 0) is 79.2 Å². The molecule has 0 aliphatic heterocycles. The van der Waals surface area contributed by atoms with E-state index in [1.54, 1.807) is 94.6 Å². The fraction of sp³-hybridized carbons (Fsp3) is 0.149. The van der Waals surface area contributed by atoms with Crippen LogP contribution in [0.5, 0.6) is 11.5 Å². The highest BCUT2D eigenvalue weighted by Crippen LogP contribution is 2.34. The van der Waals surface area contributed by atoms with Gasteiger partial charge in [-0.15, -0.1) is 0 Å². The summed E-state index contributed by atoms with van der Waals surface area (Å²) in [5, 5.41) is 27.7. The third-order valence-electron chi connectivity index (χ3n) is 9.46. The number of nitrogens with zero attached hydrogens (tertiary/aromatic N) is 4. The zero-order chi connectivity index (χ0) is 49.1. The number of amidine groups is 2. The minimum atomic E-state index is -0.802. The van der Waals surface area contributed by atoms with Crippen LogP contribution >= 0.6 is 34.8 Å². The smallest absolute Gasteiger partial charge is 0.259 e. The van der Waals surface area contributed by atoms with Crippen LogP contribution in [0.15, 0.2) is 103 Å². The number of halogens is 4. The van der Waals surface area contributed by atoms with Gasteiger partial charge in [0.25, 0.3) is 23.6 Å². The maximum absolute atomic E-state index is 14.7. The first-order chi connectivity index (χ1) is 31.8. The lowest BCUT2D eigenvalue weighted by Gasteiger charge is -2.17. The maximum atomic E-state index is 14.7. The molecule has 6 N–H and O–H groups in total. The third-order valence-corrected chi connectivity index (χ3v) is 10.1. The van der Waals surface area contributed by atoms with E-state index in [-0.39, 0.29) is 62.1 Å². The summed E-state index contributed by atoms with van der Waals surface area (Å²) < 4.78 is 25.5. The molecule has 0 aliphatic rings. The topological polar surface area (TPSA) is 215 Å². The van der Waals surface area contributed by atoms with Crippen LogP contribution in [0.3, 0.4) is 0 Å². The van der Waals surface area contributed by atoms with Gasteiger partial charge in [0, 0.05) is 68.4 Å². The van der Waals surface area contributed by atoms with Gasteiger partial charge in [0.1, 0.15) is 40.6 Å². The van der Waals surface area contributed by atoms with Gasteiger partial charge in [-0.1, -0.05) is 53.0 Å². The number of carbonyl (C=O) groups is 4. The molecule has 6 rings (SSSR count). The summed E-state index contributed by atoms with van der Waals surface area (Å²) in [4.78, 5) is 63.1. The average molecular weight is 970 g/mol. The summed E-state index contributed by atoms with van der Waals surface area (Å²) in [6.07, 6.45) is 2.79. The second kappa shape index (κ2) is 22.5. The Morgan fingerprint density at radius 2 is 0.985 bits per heavy atom. The monoisotopic (exact) mass is 968 g/mol. The Labute approximate surface area is 400 Å². The number of aromatic nitrogens is 2. The van der Waals surface area contributed by atoms with Crippen molar-refractivity contribution in [2.45, 2.75) is 6.92 Å². The lowest BCUT2D eigenvalue weighted by Crippen LogP contribution is -2.23. The highest BCUT2D eigenvalue weighted by Gasteiger charge is 2.24. The Hall–Kier alpha value is -7.60. The van der Waals surface area contributed by atoms with E-state index in [0.717, 1.165) is 6.07 Å². The van der Waals surface area contributed by atoms with Crippen LogP contribution in [0.1, 0.15) is 58.1 Å². The SMILES string of the molecule is COc1cc(C)cc(C(=O)Nc2ccc(Cl)cn2)c1NC(=O)c1ccc(C(=N)N(C)C)cc1F.COc1cc(Cl)cc(C(=O)Nc2ccc(Cl)cn2)c1NC(=O)c1ccc(C(=N)N(C)C)cc1. The minimum Gasteiger partial charge on any atom is -0.495 e. The quantitative estimate of drug-likeness (QED) is 0.0505. The van der Waals surface area contributed by atoms with Crippen molar-refractivity contribution < 1.29 is 33.0 Å². The molecule has 2 heterocycles. The number of ether oxygens (including phenoxy) is 2. The molecule has 20 heteroatoms. The molecule has 67 heavy (non-hydrogen) atoms. The first-order valence-electron chi connectivity index (χ1n) is 19.8. The normalized spacial score (nSPS) is 10.4. The van der Waals surface area contributed by atoms with E-state index >= 15 is 0 Å². The van der Waals surface area contributed by atoms with Crippen molar-refractivity contribution in [3.63, 3.8) is 0 Å². The van der Waals surface area contributed by atoms with Gasteiger partial charge in [0.05, 0.1) is 52.3 Å². The second-order valence-electron chi connectivity index (χ2n) is 14.7. The zero-order valence-electron chi connectivity index (χ0n) is 37.1. The van der Waals surface area contributed by atoms with Crippen LogP contribution in [0.4, 0.5) is 27.4 Å². The number of nitrogens with one attached hydrogen (secondary N) is 6. The Morgan fingerprint density at radius 1 is 0.537 bits per heavy atom. The van der Waals surface area contributed by atoms with E-state index < -0.39 is 29.4 Å². The first-order valence-corrected chi connectivity index (χ1v) is 20.9. The summed E-state index contributed by atoms with van der Waals surface area (Å²) in [5.74, 6) is -1.74. The van der Waals surface area contributed by atoms with Gasteiger partial charge in [0.15, 0.2) is 0 Å². The Bertz CT molecular complexity index is 2850. The van der Waals surface area contributed by atoms with E-state index in [1.807, 2.05) is 0 Å². The average Bonchev–Trinajstić information content (AvgIpc) is 3.30. The van der Waals surface area contributed by atoms with Crippen LogP contribution in [0.2, 0.25) is 15.1 Å². The van der Waals surface area contributed by atoms with E-state index in [1.165, 1.54) is 61.8 Å². The number of amides is 4. The molecular formula is C47H44Cl3FN10O6. The van der Waals surface area contributed by atoms with E-state index in [0.29, 0.717) is 38.1 Å². The molecule has 0 fully saturated rings. The molecule has 0 saturated carbocycles. The van der Waals surface area contributed by atoms with Gasteiger partial charge in [0.2, 0.25) is 0 Å². The Kier molecular flexibility index (Phi) is 17.0. The number of pyridine rings is 2. The van der Waals surface area contributed by atoms with Gasteiger partial charge >= 0.3 is 0 Å². The molecule has 0 bridgehead atoms. The van der Waals surface area contributed by atoms with Crippen LogP contribution in [0.25, 0.3) is 0 Å². The van der Waals surface area contributed by atoms with Crippen molar-refractivity contribution in [3.8, 4) is 11.5 Å². The van der Waals surface area contributed by atoms with Crippen LogP contribution in [-0.2, 0) is 0 Å². The summed E-state index contributed by atoms with van der Waals surface area (Å²) in [6, 6.07) is 22.8. The molecule has 0 unspecified atom stereocenters. The van der Waals surface area contributed by atoms with Crippen LogP contribution in [-0.4, -0.2) is 97.5 Å². The fourth-order valence-corrected chi connectivity index (χ4v) is 6.48. The van der Waals surface area contributed by atoms with Crippen molar-refractivity contribution in [2.24, 2.45) is 0 Å². The van der Waals surface area contributed by atoms with E-state index in [2.05, 4.69) is 31.2 Å². The largest absolute Gasteiger partial charge is 0.495 e. The number of benzene rings is 4. The molecule has 0 atom stereocenters. The van der Waals surface area contributed by atoms with Gasteiger partial charge in [-0.3, -0.25) is 30.0 Å². The van der Waals surface area contributed by atoms with Crippen molar-refractivity contribution in [1.29, 1.82) is 10.8 Å². The fourth-order valence-electron chi connectivity index (χ4n) is 6.05. The number of hydrogen-bond acceptors (Lipinski definition) is 10. The number of aryl methyl sites for hydroxylation is 1. The van der Waals surface area contributed by atoms with Crippen molar-refractivity contribution in [1.82, 2.24) is 19.8 Å². The molecule has 0 radical (unpaired) electrons. The highest BCUT2D eigenvalue weighted by atomic mass is 35.5. The minimum absolute atomic E-state index is 0.0778. The van der Waals surface area contributed by atoms with Gasteiger partial charge in [-0.25, -0.2) is 14.4 Å². The maximum Gasteiger partial charge on any atom is 0.259 e. The third kappa shape index (κ3) is 13.0. The van der Waals surface area contributed by atoms with Crippen molar-refractivity contribution >= 4 is 93.1 Å². The number of carbonyl (C=O) groups excluding carboxylic acids is 4. The molecular weight excluding hydrogens is 926 g/mol. The summed E-state index contributed by atoms with van der Waals surface area (Å²) in [7, 11) is 9.66. The molecule has 16 nitrogen and oxygen atoms in total. The van der Waals surface area contributed by atoms with E-state index in [4.69, 9.17) is 55.1 Å². The molecule has 2 aromatic heterocycles. The number of rotatable bonds is 12. The first kappa shape index (κ1) is 50.4. The van der Waals surface area contributed by atoms with E-state index in [9.17, 15) is 23.6 Å². The molecule has 4 aromatic carbocycles. The Morgan fingerprint density at radius 3 is 1.46 bits per heavy atom. The zero-order valence-corrected chi connectivity index (χ0v) is 39.3. The number of anilines is 4. The van der Waals surface area contributed by atoms with Crippen LogP contribution in [0, 0.1) is 23.6 Å². The standard InChI is InChI=1S/C24H23ClFN5O3.C23H21Cl2N5O3/c1-13-9-17(24(33)29-20-8-6-15(25)12-28-20)21(19(10-13)34-4)30-23(32)16-7-5-14(11-18(16)26)22(27)31(2)3;1-30(2)21(26)13-4-6-14(7-5-13)22(31)29-20-17(10-16(25)11-18(20)33-3)23(32)28-19-9-8-15(24)12-27-19/h5-12,27H,1-4H3,(H,30,32)(H,28,29,33);4-12,26H,1-3H3,(H,29,31)(H,27,28,32). The van der Waals surface area contributed by atoms with Crippen molar-refractivity contribution in [3.05, 3.63) is 163 Å². The van der Waals surface area contributed by atoms with Gasteiger partial charge in [-0.2, -0.15) is 0 Å². The molecule has 0 spiro atoms. The molecule has 6 aromatic rings. The molecule has 4 amide bonds. The van der Waals surface area contributed by atoms with Gasteiger partial charge < -0.3 is 40.5 Å². The summed E-state index contributed by atoms with van der Waals surface area (Å²) in [6.45, 7) is 1.77. The predicted molar refractivity (Wildman–Crippen MR) is 260 cm³/mol. The molecule has 0 saturated heterocycles. The summed E-state index contributed by atoms with van der Waals surface area (Å²) in [5.41, 5.74) is 2.22. The second-order valence-corrected chi connectivity index (χ2v) is 16.0. The predicted octanol–water partition coefficient (Wildman–Crippen LogP) is 9.37.